The first kappa shape index (κ1) is 19.5. The van der Waals surface area contributed by atoms with E-state index in [-0.39, 0.29) is 17.1 Å². The van der Waals surface area contributed by atoms with Crippen LogP contribution in [0.15, 0.2) is 45.1 Å². The third-order valence-corrected chi connectivity index (χ3v) is 5.00. The van der Waals surface area contributed by atoms with Gasteiger partial charge in [-0.2, -0.15) is 4.68 Å². The summed E-state index contributed by atoms with van der Waals surface area (Å²) in [7, 11) is 1.33. The van der Waals surface area contributed by atoms with Crippen LogP contribution in [-0.2, 0) is 13.6 Å². The van der Waals surface area contributed by atoms with Gasteiger partial charge in [0.25, 0.3) is 5.56 Å². The van der Waals surface area contributed by atoms with Gasteiger partial charge in [0, 0.05) is 13.6 Å². The predicted molar refractivity (Wildman–Crippen MR) is 105 cm³/mol. The van der Waals surface area contributed by atoms with E-state index in [9.17, 15) is 14.4 Å². The van der Waals surface area contributed by atoms with Gasteiger partial charge in [0.15, 0.2) is 5.78 Å². The van der Waals surface area contributed by atoms with Crippen LogP contribution in [0.3, 0.4) is 0 Å². The molecular weight excluding hydrogens is 382 g/mol. The molecule has 0 atom stereocenters. The van der Waals surface area contributed by atoms with Gasteiger partial charge in [0.1, 0.15) is 11.4 Å². The lowest BCUT2D eigenvalue weighted by molar-refractivity contribution is 0.102. The predicted octanol–water partition coefficient (Wildman–Crippen LogP) is 0.490. The molecule has 2 N–H and O–H groups in total. The van der Waals surface area contributed by atoms with Crippen molar-refractivity contribution in [1.82, 2.24) is 29.3 Å². The van der Waals surface area contributed by atoms with Crippen molar-refractivity contribution in [2.75, 3.05) is 11.5 Å². The number of anilines is 1. The average molecular weight is 401 g/mol. The molecule has 2 aromatic heterocycles. The van der Waals surface area contributed by atoms with Crippen molar-refractivity contribution >= 4 is 23.4 Å². The van der Waals surface area contributed by atoms with E-state index in [1.165, 1.54) is 16.3 Å². The molecule has 3 rings (SSSR count). The molecule has 0 saturated heterocycles. The largest absolute Gasteiger partial charge is 0.384 e. The van der Waals surface area contributed by atoms with Crippen molar-refractivity contribution in [3.63, 3.8) is 0 Å². The molecular formula is C17H19N7O3S. The van der Waals surface area contributed by atoms with Crippen LogP contribution < -0.4 is 17.0 Å². The molecule has 0 aliphatic rings. The van der Waals surface area contributed by atoms with Gasteiger partial charge in [0.2, 0.25) is 5.16 Å². The third-order valence-electron chi connectivity index (χ3n) is 4.08. The van der Waals surface area contributed by atoms with E-state index in [0.717, 1.165) is 22.0 Å². The molecule has 0 spiro atoms. The molecule has 0 bridgehead atoms. The average Bonchev–Trinajstić information content (AvgIpc) is 3.17. The number of Topliss-reactive ketones (excluding diaryl/α,β-unsaturated/α-hetero) is 1. The highest BCUT2D eigenvalue weighted by atomic mass is 32.2. The molecule has 0 amide bonds. The molecule has 11 heteroatoms. The minimum absolute atomic E-state index is 0.100. The van der Waals surface area contributed by atoms with E-state index < -0.39 is 17.0 Å². The summed E-state index contributed by atoms with van der Waals surface area (Å²) < 4.78 is 3.64. The molecule has 0 unspecified atom stereocenters. The Morgan fingerprint density at radius 3 is 2.61 bits per heavy atom. The molecule has 0 fully saturated rings. The molecule has 0 aliphatic carbocycles. The molecule has 3 aromatic rings. The van der Waals surface area contributed by atoms with E-state index >= 15 is 0 Å². The highest BCUT2D eigenvalue weighted by molar-refractivity contribution is 7.99. The van der Waals surface area contributed by atoms with Gasteiger partial charge >= 0.3 is 5.69 Å². The van der Waals surface area contributed by atoms with Crippen molar-refractivity contribution in [2.24, 2.45) is 7.05 Å². The molecule has 10 nitrogen and oxygen atoms in total. The second-order valence-electron chi connectivity index (χ2n) is 5.98. The Hall–Kier alpha value is -3.21. The number of hydrogen-bond donors (Lipinski definition) is 1. The number of ketones is 1. The van der Waals surface area contributed by atoms with Gasteiger partial charge in [-0.3, -0.25) is 18.7 Å². The molecule has 2 heterocycles. The maximum Gasteiger partial charge on any atom is 0.332 e. The van der Waals surface area contributed by atoms with E-state index in [4.69, 9.17) is 5.73 Å². The normalized spacial score (nSPS) is 10.9. The Bertz CT molecular complexity index is 1120. The fourth-order valence-corrected chi connectivity index (χ4v) is 3.45. The first-order valence-electron chi connectivity index (χ1n) is 8.54. The Morgan fingerprint density at radius 1 is 1.21 bits per heavy atom. The smallest absolute Gasteiger partial charge is 0.332 e. The van der Waals surface area contributed by atoms with Crippen LogP contribution in [0.25, 0.3) is 5.69 Å². The molecule has 0 aliphatic heterocycles. The first-order chi connectivity index (χ1) is 13.5. The second kappa shape index (κ2) is 8.21. The quantitative estimate of drug-likeness (QED) is 0.447. The minimum Gasteiger partial charge on any atom is -0.384 e. The maximum absolute atomic E-state index is 12.7. The van der Waals surface area contributed by atoms with Gasteiger partial charge in [-0.15, -0.1) is 5.10 Å². The number of para-hydroxylation sites is 1. The van der Waals surface area contributed by atoms with E-state index in [2.05, 4.69) is 15.5 Å². The molecule has 0 saturated carbocycles. The van der Waals surface area contributed by atoms with Crippen LogP contribution in [0.5, 0.6) is 0 Å². The fourth-order valence-electron chi connectivity index (χ4n) is 2.69. The summed E-state index contributed by atoms with van der Waals surface area (Å²) >= 11 is 1.08. The van der Waals surface area contributed by atoms with Crippen LogP contribution in [-0.4, -0.2) is 40.9 Å². The Labute approximate surface area is 164 Å². The number of nitrogens with two attached hydrogens (primary N) is 1. The van der Waals surface area contributed by atoms with Crippen molar-refractivity contribution in [2.45, 2.75) is 25.0 Å². The summed E-state index contributed by atoms with van der Waals surface area (Å²) in [4.78, 5) is 37.4. The first-order valence-corrected chi connectivity index (χ1v) is 9.53. The summed E-state index contributed by atoms with van der Waals surface area (Å²) in [5.74, 6) is -0.699. The number of thioether (sulfide) groups is 1. The zero-order valence-corrected chi connectivity index (χ0v) is 16.2. The standard InChI is InChI=1S/C17H19N7O3S/c1-3-9-23-14(18)13(15(26)22(2)17(23)27)12(25)10-28-16-19-20-21-24(16)11-7-5-4-6-8-11/h4-8H,3,9-10,18H2,1-2H3. The van der Waals surface area contributed by atoms with Crippen molar-refractivity contribution in [3.8, 4) is 5.69 Å². The Kier molecular flexibility index (Phi) is 5.73. The highest BCUT2D eigenvalue weighted by Gasteiger charge is 2.22. The monoisotopic (exact) mass is 401 g/mol. The van der Waals surface area contributed by atoms with Gasteiger partial charge in [-0.25, -0.2) is 4.79 Å². The van der Waals surface area contributed by atoms with E-state index in [0.29, 0.717) is 18.1 Å². The summed E-state index contributed by atoms with van der Waals surface area (Å²) in [5, 5.41) is 11.9. The number of nitrogens with zero attached hydrogens (tertiary/aromatic N) is 6. The number of aromatic nitrogens is 6. The molecule has 146 valence electrons. The molecule has 1 aromatic carbocycles. The number of rotatable bonds is 7. The maximum atomic E-state index is 12.7. The second-order valence-corrected chi connectivity index (χ2v) is 6.92. The fraction of sp³-hybridized carbons (Fsp3) is 0.294. The van der Waals surface area contributed by atoms with Gasteiger partial charge < -0.3 is 5.73 Å². The van der Waals surface area contributed by atoms with Crippen LogP contribution in [0, 0.1) is 0 Å². The number of benzene rings is 1. The van der Waals surface area contributed by atoms with Crippen molar-refractivity contribution in [1.29, 1.82) is 0 Å². The van der Waals surface area contributed by atoms with Crippen LogP contribution in [0.1, 0.15) is 23.7 Å². The summed E-state index contributed by atoms with van der Waals surface area (Å²) in [5.41, 5.74) is 5.29. The van der Waals surface area contributed by atoms with Crippen molar-refractivity contribution < 1.29 is 4.79 Å². The molecule has 28 heavy (non-hydrogen) atoms. The summed E-state index contributed by atoms with van der Waals surface area (Å²) in [6, 6.07) is 9.22. The lowest BCUT2D eigenvalue weighted by atomic mass is 10.2. The lowest BCUT2D eigenvalue weighted by Crippen LogP contribution is -2.42. The van der Waals surface area contributed by atoms with E-state index in [1.807, 2.05) is 37.3 Å². The van der Waals surface area contributed by atoms with Gasteiger partial charge in [0.05, 0.1) is 11.4 Å². The van der Waals surface area contributed by atoms with Gasteiger partial charge in [-0.1, -0.05) is 36.9 Å². The summed E-state index contributed by atoms with van der Waals surface area (Å²) in [6.07, 6.45) is 0.635. The van der Waals surface area contributed by atoms with Crippen LogP contribution >= 0.6 is 11.8 Å². The number of carbonyl (C=O) groups excluding carboxylic acids is 1. The van der Waals surface area contributed by atoms with Crippen LogP contribution in [0.2, 0.25) is 0 Å². The SMILES string of the molecule is CCCn1c(N)c(C(=O)CSc2nnnn2-c2ccccc2)c(=O)n(C)c1=O. The van der Waals surface area contributed by atoms with Crippen molar-refractivity contribution in [3.05, 3.63) is 56.7 Å². The number of hydrogen-bond acceptors (Lipinski definition) is 8. The lowest BCUT2D eigenvalue weighted by Gasteiger charge is -2.13. The Balaban J connectivity index is 1.89. The zero-order valence-electron chi connectivity index (χ0n) is 15.4. The van der Waals surface area contributed by atoms with Crippen LogP contribution in [0.4, 0.5) is 5.82 Å². The number of nitrogen functional groups attached to an aromatic ring is 1. The third kappa shape index (κ3) is 3.60. The minimum atomic E-state index is -0.705. The zero-order chi connectivity index (χ0) is 20.3. The summed E-state index contributed by atoms with van der Waals surface area (Å²) in [6.45, 7) is 2.19. The van der Waals surface area contributed by atoms with E-state index in [1.54, 1.807) is 0 Å². The highest BCUT2D eigenvalue weighted by Crippen LogP contribution is 2.19. The number of tetrazole rings is 1. The van der Waals surface area contributed by atoms with Gasteiger partial charge in [-0.05, 0) is 29.0 Å². The topological polar surface area (TPSA) is 131 Å². The Morgan fingerprint density at radius 2 is 1.93 bits per heavy atom. The number of carbonyl (C=O) groups is 1. The molecule has 0 radical (unpaired) electrons.